The van der Waals surface area contributed by atoms with E-state index in [-0.39, 0.29) is 11.5 Å². The van der Waals surface area contributed by atoms with E-state index in [1.54, 1.807) is 41.1 Å². The molecule has 3 N–H and O–H groups in total. The summed E-state index contributed by atoms with van der Waals surface area (Å²) in [7, 11) is 0. The molecule has 0 radical (unpaired) electrons. The number of aliphatic imine (C=N–C) groups is 1. The fraction of sp³-hybridized carbons (Fsp3) is 0.0370. The highest BCUT2D eigenvalue weighted by atomic mass is 16.1. The molecule has 0 saturated carbocycles. The molecule has 168 valence electrons. The molecule has 4 aromatic rings. The smallest absolute Gasteiger partial charge is 0.255 e. The molecule has 0 aliphatic rings. The van der Waals surface area contributed by atoms with Crippen molar-refractivity contribution in [3.63, 3.8) is 0 Å². The first-order valence-corrected chi connectivity index (χ1v) is 10.5. The highest BCUT2D eigenvalue weighted by molar-refractivity contribution is 6.05. The van der Waals surface area contributed by atoms with Gasteiger partial charge in [0.15, 0.2) is 0 Å². The van der Waals surface area contributed by atoms with Gasteiger partial charge in [0.2, 0.25) is 5.91 Å². The Kier molecular flexibility index (Phi) is 6.18. The number of aromatic nitrogens is 2. The van der Waals surface area contributed by atoms with E-state index in [1.807, 2.05) is 37.3 Å². The first-order chi connectivity index (χ1) is 16.4. The zero-order chi connectivity index (χ0) is 24.2. The third-order valence-electron chi connectivity index (χ3n) is 5.42. The van der Waals surface area contributed by atoms with E-state index in [9.17, 15) is 9.59 Å². The number of anilines is 1. The van der Waals surface area contributed by atoms with E-state index in [1.165, 1.54) is 12.1 Å². The molecule has 0 saturated heterocycles. The second kappa shape index (κ2) is 9.38. The molecular weight excluding hydrogens is 426 g/mol. The number of carbonyl (C=O) groups is 1. The summed E-state index contributed by atoms with van der Waals surface area (Å²) in [5, 5.41) is 4.37. The molecule has 1 amide bonds. The molecule has 2 aromatic heterocycles. The second-order valence-corrected chi connectivity index (χ2v) is 7.64. The highest BCUT2D eigenvalue weighted by Crippen LogP contribution is 2.28. The highest BCUT2D eigenvalue weighted by Gasteiger charge is 2.12. The van der Waals surface area contributed by atoms with Crippen LogP contribution in [-0.2, 0) is 4.79 Å². The summed E-state index contributed by atoms with van der Waals surface area (Å²) in [6, 6.07) is 16.3. The number of nitrogens with zero attached hydrogens (tertiary/aromatic N) is 3. The number of nitrogens with two attached hydrogens (primary N) is 1. The predicted molar refractivity (Wildman–Crippen MR) is 139 cm³/mol. The lowest BCUT2D eigenvalue weighted by Gasteiger charge is -2.14. The van der Waals surface area contributed by atoms with Crippen molar-refractivity contribution in [1.29, 1.82) is 0 Å². The van der Waals surface area contributed by atoms with Crippen LogP contribution in [0.4, 0.5) is 5.69 Å². The number of pyridine rings is 2. The van der Waals surface area contributed by atoms with Gasteiger partial charge in [-0.3, -0.25) is 19.1 Å². The van der Waals surface area contributed by atoms with Crippen LogP contribution in [0.2, 0.25) is 0 Å². The Hall–Kier alpha value is -4.78. The number of hydrogen-bond acceptors (Lipinski definition) is 5. The van der Waals surface area contributed by atoms with Gasteiger partial charge < -0.3 is 11.1 Å². The summed E-state index contributed by atoms with van der Waals surface area (Å²) in [5.41, 5.74) is 10.1. The van der Waals surface area contributed by atoms with Crippen LogP contribution in [0.5, 0.6) is 0 Å². The molecule has 0 unspecified atom stereocenters. The summed E-state index contributed by atoms with van der Waals surface area (Å²) in [6.45, 7) is 8.86. The van der Waals surface area contributed by atoms with Crippen molar-refractivity contribution < 1.29 is 4.79 Å². The Balaban J connectivity index is 1.97. The number of allylic oxidation sites excluding steroid dienone is 3. The van der Waals surface area contributed by atoms with Gasteiger partial charge in [0.1, 0.15) is 5.82 Å². The molecule has 7 nitrogen and oxygen atoms in total. The summed E-state index contributed by atoms with van der Waals surface area (Å²) in [5.74, 6) is -0.00478. The van der Waals surface area contributed by atoms with Crippen LogP contribution in [-0.4, -0.2) is 22.2 Å². The first kappa shape index (κ1) is 22.4. The third kappa shape index (κ3) is 4.40. The fourth-order valence-electron chi connectivity index (χ4n) is 3.69. The number of rotatable bonds is 6. The maximum Gasteiger partial charge on any atom is 0.255 e. The van der Waals surface area contributed by atoms with Crippen LogP contribution in [0.25, 0.3) is 33.1 Å². The SMILES string of the molecule is C=CC(=O)Nc1cccc(-n2c(=O)ccc3cnc4ccc(/C(C)=C/C=C(/N)N=C)cc4c32)c1. The van der Waals surface area contributed by atoms with E-state index >= 15 is 0 Å². The van der Waals surface area contributed by atoms with Gasteiger partial charge >= 0.3 is 0 Å². The predicted octanol–water partition coefficient (Wildman–Crippen LogP) is 4.57. The van der Waals surface area contributed by atoms with Crippen LogP contribution >= 0.6 is 0 Å². The van der Waals surface area contributed by atoms with E-state index < -0.39 is 0 Å². The van der Waals surface area contributed by atoms with Crippen LogP contribution in [0.1, 0.15) is 12.5 Å². The number of fused-ring (bicyclic) bond motifs is 3. The minimum absolute atomic E-state index is 0.197. The molecule has 0 spiro atoms. The lowest BCUT2D eigenvalue weighted by molar-refractivity contribution is -0.111. The molecular formula is C27H23N5O2. The molecule has 2 heterocycles. The zero-order valence-electron chi connectivity index (χ0n) is 18.7. The van der Waals surface area contributed by atoms with E-state index in [4.69, 9.17) is 5.73 Å². The standard InChI is InChI=1S/C27H23N5O2/c1-4-25(33)31-20-6-5-7-21(15-20)32-26(34)13-10-19-16-30-23-11-9-18(14-22(23)27(19)32)17(2)8-12-24(28)29-3/h4-16H,1,3,28H2,2H3,(H,31,33)/b17-8+,24-12-. The minimum Gasteiger partial charge on any atom is -0.384 e. The molecule has 0 aliphatic heterocycles. The first-order valence-electron chi connectivity index (χ1n) is 10.5. The van der Waals surface area contributed by atoms with Gasteiger partial charge in [-0.1, -0.05) is 24.8 Å². The van der Waals surface area contributed by atoms with Crippen LogP contribution in [0.15, 0.2) is 101 Å². The lowest BCUT2D eigenvalue weighted by Crippen LogP contribution is -2.18. The molecule has 4 rings (SSSR count). The van der Waals surface area contributed by atoms with Gasteiger partial charge in [0.05, 0.1) is 16.7 Å². The monoisotopic (exact) mass is 449 g/mol. The van der Waals surface area contributed by atoms with Gasteiger partial charge in [0.25, 0.3) is 5.56 Å². The third-order valence-corrected chi connectivity index (χ3v) is 5.42. The van der Waals surface area contributed by atoms with Crippen LogP contribution in [0.3, 0.4) is 0 Å². The van der Waals surface area contributed by atoms with Gasteiger partial charge in [-0.2, -0.15) is 0 Å². The van der Waals surface area contributed by atoms with Crippen molar-refractivity contribution in [2.45, 2.75) is 6.92 Å². The van der Waals surface area contributed by atoms with Crippen molar-refractivity contribution in [1.82, 2.24) is 9.55 Å². The number of amides is 1. The van der Waals surface area contributed by atoms with Crippen molar-refractivity contribution in [3.8, 4) is 5.69 Å². The maximum absolute atomic E-state index is 13.1. The number of carbonyl (C=O) groups excluding carboxylic acids is 1. The second-order valence-electron chi connectivity index (χ2n) is 7.64. The molecule has 2 aromatic carbocycles. The Bertz CT molecular complexity index is 1580. The molecule has 34 heavy (non-hydrogen) atoms. The normalized spacial score (nSPS) is 12.0. The quantitative estimate of drug-likeness (QED) is 0.195. The topological polar surface area (TPSA) is 102 Å². The van der Waals surface area contributed by atoms with Gasteiger partial charge in [-0.25, -0.2) is 4.99 Å². The van der Waals surface area contributed by atoms with E-state index in [2.05, 4.69) is 28.6 Å². The summed E-state index contributed by atoms with van der Waals surface area (Å²) < 4.78 is 1.63. The summed E-state index contributed by atoms with van der Waals surface area (Å²) in [6.07, 6.45) is 6.50. The molecule has 0 fully saturated rings. The van der Waals surface area contributed by atoms with Crippen LogP contribution < -0.4 is 16.6 Å². The van der Waals surface area contributed by atoms with Gasteiger partial charge in [-0.05, 0) is 73.3 Å². The molecule has 0 bridgehead atoms. The number of nitrogens with one attached hydrogen (secondary N) is 1. The van der Waals surface area contributed by atoms with E-state index in [0.717, 1.165) is 32.9 Å². The van der Waals surface area contributed by atoms with Crippen molar-refractivity contribution in [2.24, 2.45) is 10.7 Å². The van der Waals surface area contributed by atoms with Crippen molar-refractivity contribution in [3.05, 3.63) is 107 Å². The van der Waals surface area contributed by atoms with Crippen molar-refractivity contribution in [2.75, 3.05) is 5.32 Å². The van der Waals surface area contributed by atoms with Crippen molar-refractivity contribution >= 4 is 45.7 Å². The average Bonchev–Trinajstić information content (AvgIpc) is 2.86. The van der Waals surface area contributed by atoms with Gasteiger partial charge in [-0.15, -0.1) is 0 Å². The maximum atomic E-state index is 13.1. The fourth-order valence-corrected chi connectivity index (χ4v) is 3.69. The summed E-state index contributed by atoms with van der Waals surface area (Å²) in [4.78, 5) is 33.1. The Morgan fingerprint density at radius 1 is 1.15 bits per heavy atom. The average molecular weight is 450 g/mol. The molecule has 0 atom stereocenters. The minimum atomic E-state index is -0.328. The number of benzene rings is 2. The van der Waals surface area contributed by atoms with Gasteiger partial charge in [0, 0.05) is 28.7 Å². The van der Waals surface area contributed by atoms with Crippen LogP contribution in [0, 0.1) is 0 Å². The van der Waals surface area contributed by atoms with E-state index in [0.29, 0.717) is 17.2 Å². The largest absolute Gasteiger partial charge is 0.384 e. The molecule has 0 aliphatic carbocycles. The zero-order valence-corrected chi connectivity index (χ0v) is 18.7. The molecule has 7 heteroatoms. The Labute approximate surface area is 196 Å². The number of hydrogen-bond donors (Lipinski definition) is 2. The lowest BCUT2D eigenvalue weighted by atomic mass is 10.0. The Morgan fingerprint density at radius 3 is 2.74 bits per heavy atom. The Morgan fingerprint density at radius 2 is 1.97 bits per heavy atom. The summed E-state index contributed by atoms with van der Waals surface area (Å²) >= 11 is 0.